The summed E-state index contributed by atoms with van der Waals surface area (Å²) in [6.45, 7) is 0. The fourth-order valence-corrected chi connectivity index (χ4v) is 1.82. The quantitative estimate of drug-likeness (QED) is 0.683. The zero-order valence-electron chi connectivity index (χ0n) is 8.50. The Hall–Kier alpha value is -1.42. The molecule has 0 radical (unpaired) electrons. The number of fused-ring (bicyclic) bond motifs is 1. The van der Waals surface area contributed by atoms with E-state index in [1.54, 1.807) is 6.07 Å². The Morgan fingerprint density at radius 3 is 2.88 bits per heavy atom. The second-order valence-electron chi connectivity index (χ2n) is 3.47. The molecule has 82 valence electrons. The van der Waals surface area contributed by atoms with Crippen LogP contribution in [-0.2, 0) is 4.79 Å². The van der Waals surface area contributed by atoms with Crippen LogP contribution in [-0.4, -0.2) is 17.0 Å². The van der Waals surface area contributed by atoms with E-state index in [0.29, 0.717) is 11.3 Å². The third-order valence-electron chi connectivity index (χ3n) is 2.33. The van der Waals surface area contributed by atoms with E-state index in [1.807, 2.05) is 24.3 Å². The SMILES string of the molecule is O=C1Nc2cc(C=CCCBr)ccc2C1=O. The third-order valence-corrected chi connectivity index (χ3v) is 2.79. The molecule has 1 aromatic rings. The van der Waals surface area contributed by atoms with E-state index in [1.165, 1.54) is 0 Å². The highest BCUT2D eigenvalue weighted by Crippen LogP contribution is 2.24. The number of halogens is 1. The molecule has 3 nitrogen and oxygen atoms in total. The highest BCUT2D eigenvalue weighted by atomic mass is 79.9. The van der Waals surface area contributed by atoms with Crippen molar-refractivity contribution in [2.24, 2.45) is 0 Å². The van der Waals surface area contributed by atoms with E-state index >= 15 is 0 Å². The molecule has 0 saturated heterocycles. The molecule has 0 aromatic heterocycles. The molecule has 1 aliphatic heterocycles. The summed E-state index contributed by atoms with van der Waals surface area (Å²) in [7, 11) is 0. The summed E-state index contributed by atoms with van der Waals surface area (Å²) >= 11 is 3.34. The van der Waals surface area contributed by atoms with Gasteiger partial charge < -0.3 is 5.32 Å². The lowest BCUT2D eigenvalue weighted by atomic mass is 10.1. The number of rotatable bonds is 3. The summed E-state index contributed by atoms with van der Waals surface area (Å²) < 4.78 is 0. The second-order valence-corrected chi connectivity index (χ2v) is 4.26. The predicted octanol–water partition coefficient (Wildman–Crippen LogP) is 2.62. The van der Waals surface area contributed by atoms with Gasteiger partial charge in [-0.25, -0.2) is 0 Å². The van der Waals surface area contributed by atoms with Crippen molar-refractivity contribution < 1.29 is 9.59 Å². The number of Topliss-reactive ketones (excluding diaryl/α,β-unsaturated/α-hetero) is 1. The Bertz CT molecular complexity index is 480. The Balaban J connectivity index is 2.25. The summed E-state index contributed by atoms with van der Waals surface area (Å²) in [6, 6.07) is 5.33. The number of ketones is 1. The van der Waals surface area contributed by atoms with Crippen molar-refractivity contribution in [3.05, 3.63) is 35.4 Å². The maximum absolute atomic E-state index is 11.3. The van der Waals surface area contributed by atoms with Crippen LogP contribution in [0.25, 0.3) is 6.08 Å². The largest absolute Gasteiger partial charge is 0.318 e. The topological polar surface area (TPSA) is 46.2 Å². The molecule has 1 N–H and O–H groups in total. The maximum atomic E-state index is 11.3. The van der Waals surface area contributed by atoms with Crippen LogP contribution in [0.5, 0.6) is 0 Å². The molecule has 1 amide bonds. The van der Waals surface area contributed by atoms with Crippen molar-refractivity contribution in [2.45, 2.75) is 6.42 Å². The summed E-state index contributed by atoms with van der Waals surface area (Å²) in [4.78, 5) is 22.4. The van der Waals surface area contributed by atoms with Gasteiger partial charge in [0.25, 0.3) is 11.7 Å². The second kappa shape index (κ2) is 4.61. The Morgan fingerprint density at radius 2 is 2.12 bits per heavy atom. The zero-order chi connectivity index (χ0) is 11.5. The molecule has 0 bridgehead atoms. The first-order chi connectivity index (χ1) is 7.72. The van der Waals surface area contributed by atoms with Gasteiger partial charge >= 0.3 is 0 Å². The molecular formula is C12H10BrNO2. The number of allylic oxidation sites excluding steroid dienone is 1. The van der Waals surface area contributed by atoms with Crippen LogP contribution in [0.15, 0.2) is 24.3 Å². The van der Waals surface area contributed by atoms with Gasteiger partial charge in [-0.3, -0.25) is 9.59 Å². The fraction of sp³-hybridized carbons (Fsp3) is 0.167. The average molecular weight is 280 g/mol. The summed E-state index contributed by atoms with van der Waals surface area (Å²) in [5.41, 5.74) is 2.05. The summed E-state index contributed by atoms with van der Waals surface area (Å²) in [6.07, 6.45) is 4.95. The van der Waals surface area contributed by atoms with E-state index in [2.05, 4.69) is 21.2 Å². The Kier molecular flexibility index (Phi) is 3.19. The number of amides is 1. The highest BCUT2D eigenvalue weighted by Gasteiger charge is 2.27. The van der Waals surface area contributed by atoms with E-state index in [9.17, 15) is 9.59 Å². The average Bonchev–Trinajstić information content (AvgIpc) is 2.55. The number of carbonyl (C=O) groups is 2. The molecule has 2 rings (SSSR count). The lowest BCUT2D eigenvalue weighted by Gasteiger charge is -1.98. The number of carbonyl (C=O) groups excluding carboxylic acids is 2. The molecule has 4 heteroatoms. The molecule has 0 aliphatic carbocycles. The third kappa shape index (κ3) is 2.07. The monoisotopic (exact) mass is 279 g/mol. The van der Waals surface area contributed by atoms with E-state index < -0.39 is 11.7 Å². The Morgan fingerprint density at radius 1 is 1.31 bits per heavy atom. The molecule has 1 heterocycles. The van der Waals surface area contributed by atoms with Crippen LogP contribution < -0.4 is 5.32 Å². The number of alkyl halides is 1. The molecule has 16 heavy (non-hydrogen) atoms. The summed E-state index contributed by atoms with van der Waals surface area (Å²) in [5, 5.41) is 3.47. The molecule has 1 aliphatic rings. The number of hydrogen-bond donors (Lipinski definition) is 1. The summed E-state index contributed by atoms with van der Waals surface area (Å²) in [5.74, 6) is -0.998. The zero-order valence-corrected chi connectivity index (χ0v) is 10.1. The fourth-order valence-electron chi connectivity index (χ4n) is 1.55. The standard InChI is InChI=1S/C12H10BrNO2/c13-6-2-1-3-8-4-5-9-10(7-8)14-12(16)11(9)15/h1,3-5,7H,2,6H2,(H,14,15,16). The van der Waals surface area contributed by atoms with Crippen LogP contribution in [0.1, 0.15) is 22.3 Å². The van der Waals surface area contributed by atoms with Crippen LogP contribution in [0.4, 0.5) is 5.69 Å². The smallest absolute Gasteiger partial charge is 0.296 e. The first-order valence-corrected chi connectivity index (χ1v) is 6.07. The lowest BCUT2D eigenvalue weighted by molar-refractivity contribution is -0.112. The van der Waals surface area contributed by atoms with E-state index in [-0.39, 0.29) is 0 Å². The van der Waals surface area contributed by atoms with Gasteiger partial charge in [-0.2, -0.15) is 0 Å². The van der Waals surface area contributed by atoms with Crippen molar-refractivity contribution in [3.63, 3.8) is 0 Å². The Labute approximate surface area is 102 Å². The molecule has 0 spiro atoms. The highest BCUT2D eigenvalue weighted by molar-refractivity contribution is 9.09. The lowest BCUT2D eigenvalue weighted by Crippen LogP contribution is -2.12. The van der Waals surface area contributed by atoms with Crippen LogP contribution in [0.3, 0.4) is 0 Å². The minimum absolute atomic E-state index is 0.453. The van der Waals surface area contributed by atoms with Gasteiger partial charge in [0.15, 0.2) is 0 Å². The number of anilines is 1. The molecule has 1 aromatic carbocycles. The van der Waals surface area contributed by atoms with Crippen LogP contribution >= 0.6 is 15.9 Å². The molecular weight excluding hydrogens is 270 g/mol. The predicted molar refractivity (Wildman–Crippen MR) is 66.8 cm³/mol. The van der Waals surface area contributed by atoms with Crippen molar-refractivity contribution in [2.75, 3.05) is 10.6 Å². The van der Waals surface area contributed by atoms with Crippen LogP contribution in [0.2, 0.25) is 0 Å². The molecule has 0 fully saturated rings. The normalized spacial score (nSPS) is 14.3. The van der Waals surface area contributed by atoms with Crippen molar-refractivity contribution in [1.82, 2.24) is 0 Å². The van der Waals surface area contributed by atoms with Crippen molar-refractivity contribution in [3.8, 4) is 0 Å². The maximum Gasteiger partial charge on any atom is 0.296 e. The minimum atomic E-state index is -0.545. The van der Waals surface area contributed by atoms with E-state index in [4.69, 9.17) is 0 Å². The van der Waals surface area contributed by atoms with Crippen LogP contribution in [0, 0.1) is 0 Å². The van der Waals surface area contributed by atoms with Gasteiger partial charge in [-0.15, -0.1) is 0 Å². The number of nitrogens with one attached hydrogen (secondary N) is 1. The van der Waals surface area contributed by atoms with Gasteiger partial charge in [0, 0.05) is 5.33 Å². The van der Waals surface area contributed by atoms with Gasteiger partial charge in [-0.1, -0.05) is 34.1 Å². The minimum Gasteiger partial charge on any atom is -0.318 e. The van der Waals surface area contributed by atoms with E-state index in [0.717, 1.165) is 17.3 Å². The van der Waals surface area contributed by atoms with Gasteiger partial charge in [-0.05, 0) is 24.1 Å². The van der Waals surface area contributed by atoms with Gasteiger partial charge in [0.05, 0.1) is 11.3 Å². The number of hydrogen-bond acceptors (Lipinski definition) is 2. The first kappa shape index (κ1) is 11.1. The first-order valence-electron chi connectivity index (χ1n) is 4.94. The van der Waals surface area contributed by atoms with Gasteiger partial charge in [0.2, 0.25) is 0 Å². The molecule has 0 atom stereocenters. The van der Waals surface area contributed by atoms with Gasteiger partial charge in [0.1, 0.15) is 0 Å². The molecule has 0 unspecified atom stereocenters. The molecule has 0 saturated carbocycles. The van der Waals surface area contributed by atoms with Crippen molar-refractivity contribution >= 4 is 39.4 Å². The number of benzene rings is 1. The van der Waals surface area contributed by atoms with Crippen molar-refractivity contribution in [1.29, 1.82) is 0 Å².